The van der Waals surface area contributed by atoms with Crippen LogP contribution in [-0.4, -0.2) is 98.9 Å². The summed E-state index contributed by atoms with van der Waals surface area (Å²) in [7, 11) is -5.84. The van der Waals surface area contributed by atoms with Crippen molar-refractivity contribution in [2.24, 2.45) is 11.8 Å². The number of hydrogen-bond donors (Lipinski definition) is 2. The lowest BCUT2D eigenvalue weighted by atomic mass is 9.56. The molecule has 1 amide bonds. The van der Waals surface area contributed by atoms with Crippen molar-refractivity contribution in [3.63, 3.8) is 0 Å². The van der Waals surface area contributed by atoms with Gasteiger partial charge in [-0.1, -0.05) is 6.07 Å². The minimum atomic E-state index is -5.84. The molecule has 5 aliphatic rings. The van der Waals surface area contributed by atoms with Crippen LogP contribution in [0.5, 0.6) is 5.75 Å². The van der Waals surface area contributed by atoms with Gasteiger partial charge in [-0.3, -0.25) is 14.6 Å². The van der Waals surface area contributed by atoms with Crippen molar-refractivity contribution in [1.82, 2.24) is 15.1 Å². The first-order valence-electron chi connectivity index (χ1n) is 14.1. The average molecular weight is 588 g/mol. The molecule has 2 bridgehead atoms. The predicted molar refractivity (Wildman–Crippen MR) is 138 cm³/mol. The van der Waals surface area contributed by atoms with E-state index in [2.05, 4.69) is 19.3 Å². The van der Waals surface area contributed by atoms with Crippen molar-refractivity contribution in [2.45, 2.75) is 61.1 Å². The second kappa shape index (κ2) is 10.1. The highest BCUT2D eigenvalue weighted by Crippen LogP contribution is 2.62. The van der Waals surface area contributed by atoms with Crippen LogP contribution in [0.4, 0.5) is 13.2 Å². The molecule has 3 aliphatic carbocycles. The number of likely N-dealkylation sites (tertiary alicyclic amines) is 1. The third-order valence-electron chi connectivity index (χ3n) is 9.69. The summed E-state index contributed by atoms with van der Waals surface area (Å²) in [6, 6.07) is 3.97. The van der Waals surface area contributed by atoms with E-state index in [9.17, 15) is 31.5 Å². The van der Waals surface area contributed by atoms with E-state index in [4.69, 9.17) is 4.74 Å². The summed E-state index contributed by atoms with van der Waals surface area (Å²) in [5.41, 5.74) is -6.28. The molecule has 0 radical (unpaired) electrons. The van der Waals surface area contributed by atoms with E-state index in [1.807, 2.05) is 0 Å². The van der Waals surface area contributed by atoms with Gasteiger partial charge in [0.2, 0.25) is 5.91 Å². The molecule has 222 valence electrons. The average Bonchev–Trinajstić information content (AvgIpc) is 3.64. The van der Waals surface area contributed by atoms with E-state index in [0.29, 0.717) is 63.6 Å². The molecule has 1 aromatic rings. The number of carbonyl (C=O) groups excluding carboxylic acids is 1. The summed E-state index contributed by atoms with van der Waals surface area (Å²) in [5.74, 6) is -0.461. The molecule has 2 saturated heterocycles. The Labute approximate surface area is 232 Å². The fourth-order valence-corrected chi connectivity index (χ4v) is 7.99. The Morgan fingerprint density at radius 1 is 1.18 bits per heavy atom. The van der Waals surface area contributed by atoms with Gasteiger partial charge in [-0.15, -0.1) is 0 Å². The van der Waals surface area contributed by atoms with Gasteiger partial charge in [0.1, 0.15) is 5.75 Å². The lowest BCUT2D eigenvalue weighted by Crippen LogP contribution is -2.69. The minimum absolute atomic E-state index is 0.140. The largest absolute Gasteiger partial charge is 0.534 e. The van der Waals surface area contributed by atoms with Crippen LogP contribution in [-0.2, 0) is 31.5 Å². The van der Waals surface area contributed by atoms with Crippen LogP contribution in [0.25, 0.3) is 0 Å². The molecule has 1 unspecified atom stereocenters. The highest BCUT2D eigenvalue weighted by atomic mass is 32.2. The number of amides is 1. The SMILES string of the molecule is O=C(NCCN1CCOCC1)C1C[C@]23CCN(CC4CC4)[C@H](Cc4ccc(OS(=O)(=O)C(F)(F)F)cc42)[C@]3(O)C1. The fraction of sp³-hybridized carbons (Fsp3) is 0.741. The van der Waals surface area contributed by atoms with Crippen molar-refractivity contribution < 1.29 is 40.4 Å². The molecule has 40 heavy (non-hydrogen) atoms. The van der Waals surface area contributed by atoms with E-state index in [1.165, 1.54) is 12.1 Å². The summed E-state index contributed by atoms with van der Waals surface area (Å²) in [6.45, 7) is 5.70. The number of carbonyl (C=O) groups is 1. The second-order valence-corrected chi connectivity index (χ2v) is 13.6. The lowest BCUT2D eigenvalue weighted by molar-refractivity contribution is -0.134. The molecule has 0 aromatic heterocycles. The number of hydrogen-bond acceptors (Lipinski definition) is 8. The molecular formula is C27H36F3N3O6S. The van der Waals surface area contributed by atoms with E-state index >= 15 is 0 Å². The molecule has 2 heterocycles. The maximum Gasteiger partial charge on any atom is 0.534 e. The van der Waals surface area contributed by atoms with Crippen LogP contribution < -0.4 is 9.50 Å². The molecule has 13 heteroatoms. The van der Waals surface area contributed by atoms with Gasteiger partial charge in [-0.05, 0) is 74.2 Å². The summed E-state index contributed by atoms with van der Waals surface area (Å²) in [4.78, 5) is 17.9. The molecule has 4 atom stereocenters. The summed E-state index contributed by atoms with van der Waals surface area (Å²) in [5, 5.41) is 15.5. The van der Waals surface area contributed by atoms with E-state index in [1.54, 1.807) is 6.07 Å². The van der Waals surface area contributed by atoms with Crippen LogP contribution in [0.2, 0.25) is 0 Å². The van der Waals surface area contributed by atoms with Crippen LogP contribution >= 0.6 is 0 Å². The van der Waals surface area contributed by atoms with Crippen molar-refractivity contribution in [3.05, 3.63) is 29.3 Å². The number of ether oxygens (including phenoxy) is 1. The van der Waals surface area contributed by atoms with Crippen molar-refractivity contribution >= 4 is 16.0 Å². The van der Waals surface area contributed by atoms with Crippen LogP contribution in [0, 0.1) is 11.8 Å². The summed E-state index contributed by atoms with van der Waals surface area (Å²) in [6.07, 6.45) is 3.89. The standard InChI is InChI=1S/C27H36F3N3O6S/c28-27(29,30)40(36,37)39-21-4-3-19-13-23-26(35)16-20(24(34)31-6-8-32-9-11-38-12-10-32)15-25(26,22(19)14-21)5-7-33(23)17-18-1-2-18/h3-4,14,18,20,23,35H,1-2,5-13,15-17H2,(H,31,34)/t20?,23-,25-,26-/m1/s1. The number of nitrogens with one attached hydrogen (secondary N) is 1. The normalized spacial score (nSPS) is 32.8. The third-order valence-corrected chi connectivity index (χ3v) is 10.7. The van der Waals surface area contributed by atoms with E-state index in [0.717, 1.165) is 38.0 Å². The number of fused-ring (bicyclic) bond motifs is 1. The van der Waals surface area contributed by atoms with E-state index < -0.39 is 38.3 Å². The third kappa shape index (κ3) is 4.91. The Hall–Kier alpha value is -1.93. The van der Waals surface area contributed by atoms with Crippen LogP contribution in [0.1, 0.15) is 43.2 Å². The highest BCUT2D eigenvalue weighted by molar-refractivity contribution is 7.88. The van der Waals surface area contributed by atoms with Gasteiger partial charge >= 0.3 is 15.6 Å². The number of halogens is 3. The van der Waals surface area contributed by atoms with Gasteiger partial charge < -0.3 is 19.3 Å². The monoisotopic (exact) mass is 587 g/mol. The zero-order valence-corrected chi connectivity index (χ0v) is 23.1. The second-order valence-electron chi connectivity index (χ2n) is 12.1. The first-order chi connectivity index (χ1) is 18.9. The first-order valence-corrected chi connectivity index (χ1v) is 15.5. The molecule has 9 nitrogen and oxygen atoms in total. The number of rotatable bonds is 8. The van der Waals surface area contributed by atoms with Gasteiger partial charge in [0.15, 0.2) is 0 Å². The molecule has 0 spiro atoms. The number of benzene rings is 1. The minimum Gasteiger partial charge on any atom is -0.387 e. The number of morpholine rings is 1. The molecule has 4 fully saturated rings. The van der Waals surface area contributed by atoms with Gasteiger partial charge in [0.05, 0.1) is 18.8 Å². The van der Waals surface area contributed by atoms with Crippen molar-refractivity contribution in [2.75, 3.05) is 52.5 Å². The Balaban J connectivity index is 1.27. The number of nitrogens with zero attached hydrogens (tertiary/aromatic N) is 2. The number of alkyl halides is 3. The van der Waals surface area contributed by atoms with Gasteiger partial charge in [0.25, 0.3) is 0 Å². The van der Waals surface area contributed by atoms with Crippen molar-refractivity contribution in [3.8, 4) is 5.75 Å². The summed E-state index contributed by atoms with van der Waals surface area (Å²) < 4.78 is 72.4. The first kappa shape index (κ1) is 28.2. The van der Waals surface area contributed by atoms with Gasteiger partial charge in [-0.2, -0.15) is 21.6 Å². The quantitative estimate of drug-likeness (QED) is 0.350. The Morgan fingerprint density at radius 2 is 1.93 bits per heavy atom. The Bertz CT molecular complexity index is 1250. The van der Waals surface area contributed by atoms with Gasteiger partial charge in [-0.25, -0.2) is 0 Å². The molecule has 2 aliphatic heterocycles. The fourth-order valence-electron chi connectivity index (χ4n) is 7.54. The molecular weight excluding hydrogens is 551 g/mol. The van der Waals surface area contributed by atoms with Crippen LogP contribution in [0.3, 0.4) is 0 Å². The summed E-state index contributed by atoms with van der Waals surface area (Å²) >= 11 is 0. The number of aliphatic hydroxyl groups is 1. The smallest absolute Gasteiger partial charge is 0.387 e. The van der Waals surface area contributed by atoms with Gasteiger partial charge in [0, 0.05) is 50.1 Å². The maximum atomic E-state index is 13.4. The molecule has 6 rings (SSSR count). The zero-order chi connectivity index (χ0) is 28.3. The highest BCUT2D eigenvalue weighted by Gasteiger charge is 2.68. The topological polar surface area (TPSA) is 108 Å². The van der Waals surface area contributed by atoms with Crippen molar-refractivity contribution in [1.29, 1.82) is 0 Å². The Kier molecular flexibility index (Phi) is 7.13. The molecule has 2 N–H and O–H groups in total. The zero-order valence-electron chi connectivity index (χ0n) is 22.3. The number of piperidine rings is 1. The maximum absolute atomic E-state index is 13.4. The molecule has 1 aromatic carbocycles. The Morgan fingerprint density at radius 3 is 2.62 bits per heavy atom. The lowest BCUT2D eigenvalue weighted by Gasteiger charge is -2.59. The van der Waals surface area contributed by atoms with Crippen LogP contribution in [0.15, 0.2) is 18.2 Å². The molecule has 2 saturated carbocycles. The predicted octanol–water partition coefficient (Wildman–Crippen LogP) is 1.78. The van der Waals surface area contributed by atoms with E-state index in [-0.39, 0.29) is 18.4 Å².